The molecule has 1 heterocycles. The minimum atomic E-state index is -0.624. The van der Waals surface area contributed by atoms with Crippen LogP contribution in [0.25, 0.3) is 11.3 Å². The van der Waals surface area contributed by atoms with Gasteiger partial charge in [0.1, 0.15) is 5.56 Å². The summed E-state index contributed by atoms with van der Waals surface area (Å²) in [7, 11) is 0. The predicted octanol–water partition coefficient (Wildman–Crippen LogP) is 5.19. The Hall–Kier alpha value is -2.77. The number of halogens is 1. The van der Waals surface area contributed by atoms with E-state index >= 15 is 0 Å². The second-order valence-corrected chi connectivity index (χ2v) is 6.76. The highest BCUT2D eigenvalue weighted by molar-refractivity contribution is 7.14. The van der Waals surface area contributed by atoms with Crippen LogP contribution < -0.4 is 5.32 Å². The summed E-state index contributed by atoms with van der Waals surface area (Å²) < 4.78 is 0. The van der Waals surface area contributed by atoms with Crippen LogP contribution in [0.1, 0.15) is 22.8 Å². The fourth-order valence-corrected chi connectivity index (χ4v) is 3.28. The molecule has 8 heteroatoms. The highest BCUT2D eigenvalue weighted by Crippen LogP contribution is 2.27. The maximum absolute atomic E-state index is 12.4. The quantitative estimate of drug-likeness (QED) is 0.482. The number of anilines is 1. The third-order valence-electron chi connectivity index (χ3n) is 3.78. The first-order valence-electron chi connectivity index (χ1n) is 7.78. The summed E-state index contributed by atoms with van der Waals surface area (Å²) in [5.74, 6) is -0.624. The van der Waals surface area contributed by atoms with Gasteiger partial charge >= 0.3 is 0 Å². The molecule has 2 aromatic carbocycles. The second kappa shape index (κ2) is 7.63. The third-order valence-corrected chi connectivity index (χ3v) is 4.78. The number of thiazole rings is 1. The van der Waals surface area contributed by atoms with Crippen LogP contribution in [0.3, 0.4) is 0 Å². The van der Waals surface area contributed by atoms with Gasteiger partial charge in [-0.1, -0.05) is 42.8 Å². The lowest BCUT2D eigenvalue weighted by Gasteiger charge is -2.04. The highest BCUT2D eigenvalue weighted by Gasteiger charge is 2.21. The van der Waals surface area contributed by atoms with Crippen molar-refractivity contribution in [1.29, 1.82) is 0 Å². The Morgan fingerprint density at radius 1 is 1.27 bits per heavy atom. The van der Waals surface area contributed by atoms with E-state index in [0.29, 0.717) is 5.13 Å². The Kier molecular flexibility index (Phi) is 5.29. The highest BCUT2D eigenvalue weighted by atomic mass is 35.5. The first kappa shape index (κ1) is 18.0. The largest absolute Gasteiger partial charge is 0.298 e. The van der Waals surface area contributed by atoms with Crippen LogP contribution in [-0.4, -0.2) is 15.8 Å². The monoisotopic (exact) mass is 387 g/mol. The molecule has 0 bridgehead atoms. The van der Waals surface area contributed by atoms with E-state index in [-0.39, 0.29) is 16.3 Å². The molecule has 1 N–H and O–H groups in total. The van der Waals surface area contributed by atoms with Crippen molar-refractivity contribution in [1.82, 2.24) is 4.98 Å². The van der Waals surface area contributed by atoms with Crippen molar-refractivity contribution in [3.8, 4) is 11.3 Å². The van der Waals surface area contributed by atoms with E-state index in [4.69, 9.17) is 11.6 Å². The molecule has 0 saturated carbocycles. The van der Waals surface area contributed by atoms with Crippen LogP contribution in [0.2, 0.25) is 5.02 Å². The average Bonchev–Trinajstić information content (AvgIpc) is 3.10. The summed E-state index contributed by atoms with van der Waals surface area (Å²) in [6.45, 7) is 2.08. The summed E-state index contributed by atoms with van der Waals surface area (Å²) in [5.41, 5.74) is 2.48. The van der Waals surface area contributed by atoms with Gasteiger partial charge in [0.2, 0.25) is 0 Å². The number of benzene rings is 2. The lowest BCUT2D eigenvalue weighted by Crippen LogP contribution is -2.13. The fraction of sp³-hybridized carbons (Fsp3) is 0.111. The van der Waals surface area contributed by atoms with Gasteiger partial charge in [-0.05, 0) is 24.1 Å². The van der Waals surface area contributed by atoms with E-state index in [1.807, 2.05) is 29.6 Å². The molecular weight excluding hydrogens is 374 g/mol. The molecule has 0 aliphatic carbocycles. The molecule has 26 heavy (non-hydrogen) atoms. The zero-order valence-electron chi connectivity index (χ0n) is 13.7. The Morgan fingerprint density at radius 2 is 2.00 bits per heavy atom. The van der Waals surface area contributed by atoms with Crippen LogP contribution in [-0.2, 0) is 6.42 Å². The molecule has 0 aliphatic heterocycles. The zero-order valence-corrected chi connectivity index (χ0v) is 15.3. The van der Waals surface area contributed by atoms with Crippen LogP contribution in [0, 0.1) is 10.1 Å². The van der Waals surface area contributed by atoms with E-state index in [2.05, 4.69) is 17.2 Å². The number of hydrogen-bond acceptors (Lipinski definition) is 5. The van der Waals surface area contributed by atoms with Crippen LogP contribution >= 0.6 is 22.9 Å². The minimum Gasteiger partial charge on any atom is -0.298 e. The molecule has 0 radical (unpaired) electrons. The Labute approximate surface area is 158 Å². The number of nitro benzene ring substituents is 1. The van der Waals surface area contributed by atoms with Crippen molar-refractivity contribution in [3.63, 3.8) is 0 Å². The zero-order chi connectivity index (χ0) is 18.7. The standard InChI is InChI=1S/C18H14ClN3O3S/c1-2-11-3-5-12(6-4-11)15-10-26-18(20-15)21-17(23)14-9-13(19)7-8-16(14)22(24)25/h3-10H,2H2,1H3,(H,20,21,23). The average molecular weight is 388 g/mol. The van der Waals surface area contributed by atoms with Crippen LogP contribution in [0.4, 0.5) is 10.8 Å². The SMILES string of the molecule is CCc1ccc(-c2csc(NC(=O)c3cc(Cl)ccc3[N+](=O)[O-])n2)cc1. The van der Waals surface area contributed by atoms with E-state index in [0.717, 1.165) is 17.7 Å². The molecule has 3 aromatic rings. The molecule has 3 rings (SSSR count). The van der Waals surface area contributed by atoms with Crippen molar-refractivity contribution < 1.29 is 9.72 Å². The van der Waals surface area contributed by atoms with Crippen molar-refractivity contribution in [2.45, 2.75) is 13.3 Å². The first-order chi connectivity index (χ1) is 12.5. The number of nitrogens with zero attached hydrogens (tertiary/aromatic N) is 2. The molecule has 0 spiro atoms. The predicted molar refractivity (Wildman–Crippen MR) is 103 cm³/mol. The van der Waals surface area contributed by atoms with E-state index in [1.54, 1.807) is 0 Å². The molecule has 0 aliphatic rings. The Morgan fingerprint density at radius 3 is 2.65 bits per heavy atom. The number of rotatable bonds is 5. The molecule has 0 saturated heterocycles. The molecule has 0 atom stereocenters. The fourth-order valence-electron chi connectivity index (χ4n) is 2.39. The van der Waals surface area contributed by atoms with Gasteiger partial charge in [-0.3, -0.25) is 20.2 Å². The maximum Gasteiger partial charge on any atom is 0.282 e. The third kappa shape index (κ3) is 3.89. The number of aryl methyl sites for hydroxylation is 1. The summed E-state index contributed by atoms with van der Waals surface area (Å²) >= 11 is 7.11. The van der Waals surface area contributed by atoms with Gasteiger partial charge < -0.3 is 0 Å². The molecule has 1 aromatic heterocycles. The van der Waals surface area contributed by atoms with Gasteiger partial charge in [0, 0.05) is 22.0 Å². The van der Waals surface area contributed by atoms with Gasteiger partial charge in [-0.25, -0.2) is 4.98 Å². The number of hydrogen-bond donors (Lipinski definition) is 1. The van der Waals surface area contributed by atoms with Crippen LogP contribution in [0.15, 0.2) is 47.8 Å². The summed E-state index contributed by atoms with van der Waals surface area (Å²) in [6.07, 6.45) is 0.955. The Balaban J connectivity index is 1.82. The van der Waals surface area contributed by atoms with Crippen molar-refractivity contribution in [3.05, 3.63) is 74.1 Å². The van der Waals surface area contributed by atoms with Gasteiger partial charge in [-0.15, -0.1) is 11.3 Å². The normalized spacial score (nSPS) is 10.5. The van der Waals surface area contributed by atoms with E-state index in [1.165, 1.54) is 35.1 Å². The Bertz CT molecular complexity index is 970. The summed E-state index contributed by atoms with van der Waals surface area (Å²) in [4.78, 5) is 27.3. The molecule has 6 nitrogen and oxygen atoms in total. The number of aromatic nitrogens is 1. The van der Waals surface area contributed by atoms with Crippen LogP contribution in [0.5, 0.6) is 0 Å². The van der Waals surface area contributed by atoms with Gasteiger partial charge in [0.05, 0.1) is 10.6 Å². The van der Waals surface area contributed by atoms with E-state index < -0.39 is 10.8 Å². The van der Waals surface area contributed by atoms with Crippen molar-refractivity contribution in [2.75, 3.05) is 5.32 Å². The second-order valence-electron chi connectivity index (χ2n) is 5.46. The van der Waals surface area contributed by atoms with Gasteiger partial charge in [0.25, 0.3) is 11.6 Å². The van der Waals surface area contributed by atoms with E-state index in [9.17, 15) is 14.9 Å². The lowest BCUT2D eigenvalue weighted by molar-refractivity contribution is -0.385. The molecular formula is C18H14ClN3O3S. The molecule has 1 amide bonds. The summed E-state index contributed by atoms with van der Waals surface area (Å²) in [6, 6.07) is 11.9. The topological polar surface area (TPSA) is 85.1 Å². The molecule has 0 fully saturated rings. The number of carbonyl (C=O) groups excluding carboxylic acids is 1. The first-order valence-corrected chi connectivity index (χ1v) is 9.04. The molecule has 132 valence electrons. The number of nitro groups is 1. The summed E-state index contributed by atoms with van der Waals surface area (Å²) in [5, 5.41) is 16.1. The minimum absolute atomic E-state index is 0.105. The number of nitrogens with one attached hydrogen (secondary N) is 1. The number of carbonyl (C=O) groups is 1. The molecule has 0 unspecified atom stereocenters. The van der Waals surface area contributed by atoms with Crippen molar-refractivity contribution >= 4 is 39.7 Å². The van der Waals surface area contributed by atoms with Crippen molar-refractivity contribution in [2.24, 2.45) is 0 Å². The van der Waals surface area contributed by atoms with Gasteiger partial charge in [0.15, 0.2) is 5.13 Å². The maximum atomic E-state index is 12.4. The number of amides is 1. The van der Waals surface area contributed by atoms with Gasteiger partial charge in [-0.2, -0.15) is 0 Å². The smallest absolute Gasteiger partial charge is 0.282 e. The lowest BCUT2D eigenvalue weighted by atomic mass is 10.1.